The Kier molecular flexibility index (Phi) is 4.44. The summed E-state index contributed by atoms with van der Waals surface area (Å²) in [6.45, 7) is 5.92. The van der Waals surface area contributed by atoms with Crippen molar-refractivity contribution < 1.29 is 4.79 Å². The molecule has 1 amide bonds. The number of amides is 1. The number of rotatable bonds is 5. The lowest BCUT2D eigenvalue weighted by atomic mass is 10.1. The van der Waals surface area contributed by atoms with E-state index in [1.165, 1.54) is 12.8 Å². The van der Waals surface area contributed by atoms with Crippen LogP contribution in [0.5, 0.6) is 0 Å². The highest BCUT2D eigenvalue weighted by Crippen LogP contribution is 2.30. The summed E-state index contributed by atoms with van der Waals surface area (Å²) in [4.78, 5) is 14.6. The van der Waals surface area contributed by atoms with Gasteiger partial charge in [0.1, 0.15) is 0 Å². The summed E-state index contributed by atoms with van der Waals surface area (Å²) in [6, 6.07) is 5.85. The normalized spacial score (nSPS) is 14.6. The minimum absolute atomic E-state index is 0.183. The summed E-state index contributed by atoms with van der Waals surface area (Å²) in [6.07, 6.45) is 3.58. The van der Waals surface area contributed by atoms with Crippen LogP contribution in [0.15, 0.2) is 22.7 Å². The van der Waals surface area contributed by atoms with E-state index in [1.807, 2.05) is 30.0 Å². The molecule has 0 spiro atoms. The van der Waals surface area contributed by atoms with Crippen molar-refractivity contribution in [3.63, 3.8) is 0 Å². The average molecular weight is 310 g/mol. The molecule has 0 radical (unpaired) electrons. The zero-order valence-corrected chi connectivity index (χ0v) is 12.7. The number of nitrogens with zero attached hydrogens (tertiary/aromatic N) is 1. The molecule has 2 rings (SSSR count). The lowest BCUT2D eigenvalue weighted by Crippen LogP contribution is -2.34. The molecule has 18 heavy (non-hydrogen) atoms. The summed E-state index contributed by atoms with van der Waals surface area (Å²) in [5.41, 5.74) is 1.87. The fourth-order valence-corrected chi connectivity index (χ4v) is 2.53. The molecule has 2 nitrogen and oxygen atoms in total. The highest BCUT2D eigenvalue weighted by Gasteiger charge is 2.27. The Morgan fingerprint density at radius 2 is 2.17 bits per heavy atom. The lowest BCUT2D eigenvalue weighted by Gasteiger charge is -2.23. The van der Waals surface area contributed by atoms with Gasteiger partial charge in [0.05, 0.1) is 0 Å². The maximum absolute atomic E-state index is 12.6. The predicted molar refractivity (Wildman–Crippen MR) is 77.8 cm³/mol. The van der Waals surface area contributed by atoms with Crippen LogP contribution in [0.2, 0.25) is 0 Å². The molecule has 98 valence electrons. The van der Waals surface area contributed by atoms with Crippen LogP contribution in [0.4, 0.5) is 0 Å². The van der Waals surface area contributed by atoms with Gasteiger partial charge in [0.2, 0.25) is 0 Å². The predicted octanol–water partition coefficient (Wildman–Crippen LogP) is 4.02. The first-order valence-corrected chi connectivity index (χ1v) is 7.47. The van der Waals surface area contributed by atoms with Crippen molar-refractivity contribution >= 4 is 21.8 Å². The summed E-state index contributed by atoms with van der Waals surface area (Å²) in [7, 11) is 0. The maximum atomic E-state index is 12.6. The Balaban J connectivity index is 2.17. The fourth-order valence-electron chi connectivity index (χ4n) is 2.17. The smallest absolute Gasteiger partial charge is 0.254 e. The van der Waals surface area contributed by atoms with E-state index < -0.39 is 0 Å². The van der Waals surface area contributed by atoms with Crippen LogP contribution in [0.1, 0.15) is 42.1 Å². The molecule has 1 aromatic carbocycles. The lowest BCUT2D eigenvalue weighted by molar-refractivity contribution is 0.0747. The Hall–Kier alpha value is -0.830. The number of halogens is 1. The Labute approximate surface area is 117 Å². The van der Waals surface area contributed by atoms with E-state index in [0.717, 1.165) is 41.0 Å². The topological polar surface area (TPSA) is 20.3 Å². The van der Waals surface area contributed by atoms with Crippen molar-refractivity contribution in [2.24, 2.45) is 5.92 Å². The van der Waals surface area contributed by atoms with Crippen molar-refractivity contribution in [3.8, 4) is 0 Å². The first-order chi connectivity index (χ1) is 8.63. The molecular formula is C15H20BrNO. The molecule has 0 aliphatic heterocycles. The van der Waals surface area contributed by atoms with Gasteiger partial charge in [0.25, 0.3) is 5.91 Å². The summed E-state index contributed by atoms with van der Waals surface area (Å²) in [5, 5.41) is 0. The molecule has 1 saturated carbocycles. The average Bonchev–Trinajstić information content (AvgIpc) is 3.15. The van der Waals surface area contributed by atoms with E-state index >= 15 is 0 Å². The van der Waals surface area contributed by atoms with Crippen LogP contribution >= 0.6 is 15.9 Å². The Morgan fingerprint density at radius 3 is 2.78 bits per heavy atom. The molecule has 0 heterocycles. The van der Waals surface area contributed by atoms with E-state index in [1.54, 1.807) is 0 Å². The van der Waals surface area contributed by atoms with Gasteiger partial charge in [0, 0.05) is 23.1 Å². The molecule has 1 aliphatic carbocycles. The first-order valence-electron chi connectivity index (χ1n) is 6.68. The molecule has 0 saturated heterocycles. The van der Waals surface area contributed by atoms with Crippen LogP contribution in [0.3, 0.4) is 0 Å². The van der Waals surface area contributed by atoms with Crippen LogP contribution in [-0.4, -0.2) is 23.9 Å². The van der Waals surface area contributed by atoms with Crippen molar-refractivity contribution in [2.45, 2.75) is 33.1 Å². The van der Waals surface area contributed by atoms with Crippen LogP contribution < -0.4 is 0 Å². The van der Waals surface area contributed by atoms with E-state index in [0.29, 0.717) is 0 Å². The van der Waals surface area contributed by atoms with Crippen LogP contribution in [0, 0.1) is 12.8 Å². The molecule has 1 aromatic rings. The molecule has 0 N–H and O–H groups in total. The molecule has 0 bridgehead atoms. The summed E-state index contributed by atoms with van der Waals surface area (Å²) in [5.74, 6) is 0.926. The van der Waals surface area contributed by atoms with Gasteiger partial charge in [-0.25, -0.2) is 0 Å². The van der Waals surface area contributed by atoms with Gasteiger partial charge in [0.15, 0.2) is 0 Å². The fraction of sp³-hybridized carbons (Fsp3) is 0.533. The third kappa shape index (κ3) is 3.14. The second-order valence-electron chi connectivity index (χ2n) is 5.11. The number of carbonyl (C=O) groups is 1. The number of hydrogen-bond donors (Lipinski definition) is 0. The minimum atomic E-state index is 0.183. The van der Waals surface area contributed by atoms with Gasteiger partial charge in [-0.15, -0.1) is 0 Å². The van der Waals surface area contributed by atoms with Gasteiger partial charge in [-0.1, -0.05) is 28.9 Å². The van der Waals surface area contributed by atoms with Crippen molar-refractivity contribution in [3.05, 3.63) is 33.8 Å². The maximum Gasteiger partial charge on any atom is 0.254 e. The largest absolute Gasteiger partial charge is 0.338 e. The molecule has 0 aromatic heterocycles. The molecule has 0 atom stereocenters. The van der Waals surface area contributed by atoms with E-state index in [9.17, 15) is 4.79 Å². The van der Waals surface area contributed by atoms with E-state index in [2.05, 4.69) is 22.9 Å². The molecule has 3 heteroatoms. The zero-order chi connectivity index (χ0) is 13.1. The second-order valence-corrected chi connectivity index (χ2v) is 5.96. The van der Waals surface area contributed by atoms with Gasteiger partial charge in [-0.3, -0.25) is 4.79 Å². The Bertz CT molecular complexity index is 440. The number of benzene rings is 1. The highest BCUT2D eigenvalue weighted by molar-refractivity contribution is 9.10. The van der Waals surface area contributed by atoms with Gasteiger partial charge in [-0.2, -0.15) is 0 Å². The first kappa shape index (κ1) is 13.6. The van der Waals surface area contributed by atoms with Gasteiger partial charge >= 0.3 is 0 Å². The third-order valence-corrected chi connectivity index (χ3v) is 4.31. The van der Waals surface area contributed by atoms with Gasteiger partial charge < -0.3 is 4.90 Å². The van der Waals surface area contributed by atoms with E-state index in [-0.39, 0.29) is 5.91 Å². The minimum Gasteiger partial charge on any atom is -0.338 e. The van der Waals surface area contributed by atoms with Crippen LogP contribution in [-0.2, 0) is 0 Å². The zero-order valence-electron chi connectivity index (χ0n) is 11.1. The molecule has 0 unspecified atom stereocenters. The molecule has 1 fully saturated rings. The van der Waals surface area contributed by atoms with Crippen molar-refractivity contribution in [1.82, 2.24) is 4.90 Å². The standard InChI is InChI=1S/C15H20BrNO/c1-3-9-17(10-12-7-8-12)15(18)13-5-4-6-14(16)11(13)2/h4-6,12H,3,7-10H2,1-2H3. The monoisotopic (exact) mass is 309 g/mol. The highest BCUT2D eigenvalue weighted by atomic mass is 79.9. The third-order valence-electron chi connectivity index (χ3n) is 3.45. The van der Waals surface area contributed by atoms with Gasteiger partial charge in [-0.05, 0) is 49.8 Å². The van der Waals surface area contributed by atoms with Crippen LogP contribution in [0.25, 0.3) is 0 Å². The SMILES string of the molecule is CCCN(CC1CC1)C(=O)c1cccc(Br)c1C. The van der Waals surface area contributed by atoms with Crippen molar-refractivity contribution in [1.29, 1.82) is 0 Å². The van der Waals surface area contributed by atoms with Crippen molar-refractivity contribution in [2.75, 3.05) is 13.1 Å². The number of hydrogen-bond acceptors (Lipinski definition) is 1. The second kappa shape index (κ2) is 5.87. The Morgan fingerprint density at radius 1 is 1.44 bits per heavy atom. The molecule has 1 aliphatic rings. The molecular weight excluding hydrogens is 290 g/mol. The summed E-state index contributed by atoms with van der Waals surface area (Å²) < 4.78 is 1.01. The quantitative estimate of drug-likeness (QED) is 0.804. The number of carbonyl (C=O) groups excluding carboxylic acids is 1. The van der Waals surface area contributed by atoms with E-state index in [4.69, 9.17) is 0 Å². The summed E-state index contributed by atoms with van der Waals surface area (Å²) >= 11 is 3.49.